The van der Waals surface area contributed by atoms with Crippen LogP contribution < -0.4 is 10.1 Å². The first-order valence-corrected chi connectivity index (χ1v) is 5.71. The van der Waals surface area contributed by atoms with Crippen molar-refractivity contribution < 1.29 is 10.1 Å². The second-order valence-corrected chi connectivity index (χ2v) is 4.12. The molecule has 0 amide bonds. The standard InChI is InChI=1S/C12H18ClNO/c1-9-5-6-11(13)12(10(9)2)15-8-4-7-14-3/h5-6,14H,4,7-8H2,1-3H3/p+1. The zero-order valence-electron chi connectivity index (χ0n) is 9.64. The number of hydrogen-bond donors (Lipinski definition) is 1. The molecule has 2 N–H and O–H groups in total. The van der Waals surface area contributed by atoms with Gasteiger partial charge in [-0.15, -0.1) is 0 Å². The average Bonchev–Trinajstić information content (AvgIpc) is 2.23. The first-order chi connectivity index (χ1) is 7.16. The first-order valence-electron chi connectivity index (χ1n) is 5.33. The van der Waals surface area contributed by atoms with Crippen molar-refractivity contribution in [2.45, 2.75) is 20.3 Å². The largest absolute Gasteiger partial charge is 0.492 e. The lowest BCUT2D eigenvalue weighted by atomic mass is 10.1. The van der Waals surface area contributed by atoms with Gasteiger partial charge in [0.1, 0.15) is 5.75 Å². The number of rotatable bonds is 5. The average molecular weight is 229 g/mol. The predicted molar refractivity (Wildman–Crippen MR) is 63.8 cm³/mol. The number of nitrogens with two attached hydrogens (primary N) is 1. The van der Waals surface area contributed by atoms with E-state index in [1.807, 2.05) is 19.1 Å². The minimum absolute atomic E-state index is 0.707. The van der Waals surface area contributed by atoms with Crippen LogP contribution in [0.1, 0.15) is 17.5 Å². The lowest BCUT2D eigenvalue weighted by Gasteiger charge is -2.12. The van der Waals surface area contributed by atoms with Gasteiger partial charge in [0.25, 0.3) is 0 Å². The molecule has 0 aromatic heterocycles. The molecule has 1 aromatic carbocycles. The molecule has 0 heterocycles. The molecule has 3 heteroatoms. The third-order valence-corrected chi connectivity index (χ3v) is 2.81. The van der Waals surface area contributed by atoms with Crippen molar-refractivity contribution in [2.75, 3.05) is 20.2 Å². The quantitative estimate of drug-likeness (QED) is 0.766. The molecule has 0 unspecified atom stereocenters. The highest BCUT2D eigenvalue weighted by Gasteiger charge is 2.07. The smallest absolute Gasteiger partial charge is 0.141 e. The number of benzene rings is 1. The molecule has 0 radical (unpaired) electrons. The topological polar surface area (TPSA) is 25.8 Å². The summed E-state index contributed by atoms with van der Waals surface area (Å²) in [6, 6.07) is 3.91. The fraction of sp³-hybridized carbons (Fsp3) is 0.500. The Morgan fingerprint density at radius 1 is 1.33 bits per heavy atom. The maximum absolute atomic E-state index is 6.08. The van der Waals surface area contributed by atoms with Gasteiger partial charge < -0.3 is 10.1 Å². The summed E-state index contributed by atoms with van der Waals surface area (Å²) < 4.78 is 5.70. The van der Waals surface area contributed by atoms with E-state index in [4.69, 9.17) is 16.3 Å². The molecule has 0 atom stereocenters. The maximum Gasteiger partial charge on any atom is 0.141 e. The van der Waals surface area contributed by atoms with Crippen LogP contribution in [-0.2, 0) is 0 Å². The summed E-state index contributed by atoms with van der Waals surface area (Å²) in [7, 11) is 2.06. The highest BCUT2D eigenvalue weighted by Crippen LogP contribution is 2.30. The maximum atomic E-state index is 6.08. The van der Waals surface area contributed by atoms with Gasteiger partial charge in [-0.3, -0.25) is 0 Å². The highest BCUT2D eigenvalue weighted by molar-refractivity contribution is 6.32. The van der Waals surface area contributed by atoms with E-state index in [2.05, 4.69) is 19.3 Å². The molecule has 0 spiro atoms. The van der Waals surface area contributed by atoms with E-state index >= 15 is 0 Å². The van der Waals surface area contributed by atoms with Crippen LogP contribution >= 0.6 is 11.6 Å². The molecule has 0 saturated heterocycles. The Hall–Kier alpha value is -0.730. The molecule has 0 aliphatic heterocycles. The van der Waals surface area contributed by atoms with Crippen molar-refractivity contribution in [2.24, 2.45) is 0 Å². The van der Waals surface area contributed by atoms with Crippen LogP contribution in [0.5, 0.6) is 5.75 Å². The van der Waals surface area contributed by atoms with Crippen LogP contribution in [0.25, 0.3) is 0 Å². The van der Waals surface area contributed by atoms with Crippen LogP contribution in [0.3, 0.4) is 0 Å². The number of quaternary nitrogens is 1. The van der Waals surface area contributed by atoms with Crippen molar-refractivity contribution in [1.82, 2.24) is 0 Å². The molecule has 1 rings (SSSR count). The minimum atomic E-state index is 0.707. The van der Waals surface area contributed by atoms with E-state index in [0.29, 0.717) is 5.02 Å². The lowest BCUT2D eigenvalue weighted by Crippen LogP contribution is -2.79. The Labute approximate surface area is 96.6 Å². The van der Waals surface area contributed by atoms with Gasteiger partial charge in [-0.05, 0) is 31.0 Å². The van der Waals surface area contributed by atoms with E-state index in [0.717, 1.165) is 30.9 Å². The second kappa shape index (κ2) is 5.99. The summed E-state index contributed by atoms with van der Waals surface area (Å²) in [5, 5.41) is 2.85. The van der Waals surface area contributed by atoms with Gasteiger partial charge in [0.05, 0.1) is 25.2 Å². The molecule has 0 aliphatic rings. The van der Waals surface area contributed by atoms with Crippen molar-refractivity contribution >= 4 is 11.6 Å². The first kappa shape index (κ1) is 12.3. The van der Waals surface area contributed by atoms with Crippen molar-refractivity contribution in [3.63, 3.8) is 0 Å². The Bertz CT molecular complexity index is 326. The third-order valence-electron chi connectivity index (χ3n) is 2.51. The molecule has 84 valence electrons. The summed E-state index contributed by atoms with van der Waals surface area (Å²) in [6.45, 7) is 5.93. The van der Waals surface area contributed by atoms with Gasteiger partial charge in [-0.25, -0.2) is 0 Å². The molecule has 0 fully saturated rings. The van der Waals surface area contributed by atoms with Crippen LogP contribution in [0.15, 0.2) is 12.1 Å². The monoisotopic (exact) mass is 228 g/mol. The van der Waals surface area contributed by atoms with Gasteiger partial charge in [0.2, 0.25) is 0 Å². The van der Waals surface area contributed by atoms with E-state index < -0.39 is 0 Å². The second-order valence-electron chi connectivity index (χ2n) is 3.72. The van der Waals surface area contributed by atoms with E-state index in [1.165, 1.54) is 5.56 Å². The highest BCUT2D eigenvalue weighted by atomic mass is 35.5. The normalized spacial score (nSPS) is 10.4. The fourth-order valence-electron chi connectivity index (χ4n) is 1.40. The Morgan fingerprint density at radius 3 is 2.73 bits per heavy atom. The SMILES string of the molecule is C[NH2+]CCCOc1c(Cl)ccc(C)c1C. The van der Waals surface area contributed by atoms with Gasteiger partial charge in [-0.1, -0.05) is 17.7 Å². The zero-order chi connectivity index (χ0) is 11.3. The van der Waals surface area contributed by atoms with Crippen LogP contribution in [-0.4, -0.2) is 20.2 Å². The molecule has 15 heavy (non-hydrogen) atoms. The Kier molecular flexibility index (Phi) is 4.92. The van der Waals surface area contributed by atoms with Crippen LogP contribution in [0, 0.1) is 13.8 Å². The van der Waals surface area contributed by atoms with Gasteiger partial charge in [-0.2, -0.15) is 0 Å². The Morgan fingerprint density at radius 2 is 2.07 bits per heavy atom. The third kappa shape index (κ3) is 3.40. The molecule has 0 bridgehead atoms. The van der Waals surface area contributed by atoms with Gasteiger partial charge in [0, 0.05) is 6.42 Å². The number of halogens is 1. The molecule has 0 aliphatic carbocycles. The number of ether oxygens (including phenoxy) is 1. The lowest BCUT2D eigenvalue weighted by molar-refractivity contribution is -0.627. The van der Waals surface area contributed by atoms with E-state index in [9.17, 15) is 0 Å². The molecular formula is C12H19ClNO+. The fourth-order valence-corrected chi connectivity index (χ4v) is 1.66. The van der Waals surface area contributed by atoms with E-state index in [1.54, 1.807) is 0 Å². The summed E-state index contributed by atoms with van der Waals surface area (Å²) in [6.07, 6.45) is 1.04. The molecule has 2 nitrogen and oxygen atoms in total. The summed E-state index contributed by atoms with van der Waals surface area (Å²) in [5.41, 5.74) is 2.36. The Balaban J connectivity index is 2.63. The van der Waals surface area contributed by atoms with Crippen LogP contribution in [0.4, 0.5) is 0 Å². The molecular weight excluding hydrogens is 210 g/mol. The zero-order valence-corrected chi connectivity index (χ0v) is 10.4. The van der Waals surface area contributed by atoms with Gasteiger partial charge in [0.15, 0.2) is 0 Å². The van der Waals surface area contributed by atoms with Gasteiger partial charge >= 0.3 is 0 Å². The summed E-state index contributed by atoms with van der Waals surface area (Å²) in [5.74, 6) is 0.841. The van der Waals surface area contributed by atoms with Crippen LogP contribution in [0.2, 0.25) is 5.02 Å². The van der Waals surface area contributed by atoms with Crippen molar-refractivity contribution in [3.8, 4) is 5.75 Å². The minimum Gasteiger partial charge on any atom is -0.492 e. The molecule has 1 aromatic rings. The van der Waals surface area contributed by atoms with Crippen molar-refractivity contribution in [3.05, 3.63) is 28.3 Å². The summed E-state index contributed by atoms with van der Waals surface area (Å²) in [4.78, 5) is 0. The van der Waals surface area contributed by atoms with E-state index in [-0.39, 0.29) is 0 Å². The number of hydrogen-bond acceptors (Lipinski definition) is 1. The molecule has 0 saturated carbocycles. The predicted octanol–water partition coefficient (Wildman–Crippen LogP) is 1.92. The summed E-state index contributed by atoms with van der Waals surface area (Å²) >= 11 is 6.08. The number of aryl methyl sites for hydroxylation is 1. The van der Waals surface area contributed by atoms with Crippen molar-refractivity contribution in [1.29, 1.82) is 0 Å².